The van der Waals surface area contributed by atoms with E-state index >= 15 is 0 Å². The van der Waals surface area contributed by atoms with Crippen molar-refractivity contribution in [3.05, 3.63) is 105 Å². The maximum absolute atomic E-state index is 13.3. The highest BCUT2D eigenvalue weighted by atomic mass is 79.9. The number of aromatic nitrogens is 2. The molecule has 3 aromatic carbocycles. The van der Waals surface area contributed by atoms with E-state index < -0.39 is 11.3 Å². The number of nitrogens with one attached hydrogen (secondary N) is 1. The lowest BCUT2D eigenvalue weighted by Crippen LogP contribution is -2.30. The van der Waals surface area contributed by atoms with Crippen molar-refractivity contribution in [3.8, 4) is 0 Å². The molecule has 4 aromatic rings. The van der Waals surface area contributed by atoms with Crippen LogP contribution < -0.4 is 9.62 Å². The molecule has 0 aliphatic rings. The summed E-state index contributed by atoms with van der Waals surface area (Å²) in [5.74, 6) is -0.110. The predicted molar refractivity (Wildman–Crippen MR) is 148 cm³/mol. The zero-order valence-electron chi connectivity index (χ0n) is 19.1. The Morgan fingerprint density at radius 2 is 1.86 bits per heavy atom. The highest BCUT2D eigenvalue weighted by Crippen LogP contribution is 2.34. The molecule has 4 rings (SSSR count). The summed E-state index contributed by atoms with van der Waals surface area (Å²) in [6.45, 7) is 2.37. The van der Waals surface area contributed by atoms with Gasteiger partial charge in [-0.25, -0.2) is 8.51 Å². The molecule has 0 aliphatic carbocycles. The Balaban J connectivity index is 1.62. The summed E-state index contributed by atoms with van der Waals surface area (Å²) in [5, 5.41) is 3.59. The van der Waals surface area contributed by atoms with Gasteiger partial charge in [-0.2, -0.15) is 8.75 Å². The number of hydrogen-bond acceptors (Lipinski definition) is 5. The SMILES string of the molecule is CC(CNC(=O)c1ccc(Br)cc1N(c1nsnc1Cc1ccccc1)S(=O)O)c1ccc(Cl)cc1. The van der Waals surface area contributed by atoms with Crippen molar-refractivity contribution in [1.29, 1.82) is 0 Å². The molecule has 186 valence electrons. The van der Waals surface area contributed by atoms with Gasteiger partial charge in [0, 0.05) is 22.5 Å². The number of anilines is 2. The minimum Gasteiger partial charge on any atom is -0.351 e. The topological polar surface area (TPSA) is 95.4 Å². The lowest BCUT2D eigenvalue weighted by atomic mass is 10.0. The molecule has 36 heavy (non-hydrogen) atoms. The normalized spacial score (nSPS) is 12.7. The van der Waals surface area contributed by atoms with Gasteiger partial charge in [0.2, 0.25) is 0 Å². The molecular formula is C25H22BrClN4O3S2. The Bertz CT molecular complexity index is 1370. The molecule has 0 saturated carbocycles. The van der Waals surface area contributed by atoms with Gasteiger partial charge in [0.1, 0.15) is 5.69 Å². The highest BCUT2D eigenvalue weighted by molar-refractivity contribution is 9.10. The molecule has 7 nitrogen and oxygen atoms in total. The summed E-state index contributed by atoms with van der Waals surface area (Å²) >= 11 is 7.83. The van der Waals surface area contributed by atoms with E-state index in [0.29, 0.717) is 28.2 Å². The van der Waals surface area contributed by atoms with Crippen LogP contribution in [0.2, 0.25) is 5.02 Å². The number of nitrogens with zero attached hydrogens (tertiary/aromatic N) is 3. The largest absolute Gasteiger partial charge is 0.351 e. The number of carbonyl (C=O) groups excluding carboxylic acids is 1. The third-order valence-electron chi connectivity index (χ3n) is 5.53. The average molecular weight is 606 g/mol. The van der Waals surface area contributed by atoms with Crippen LogP contribution in [0.25, 0.3) is 0 Å². The van der Waals surface area contributed by atoms with Crippen LogP contribution in [-0.4, -0.2) is 30.0 Å². The summed E-state index contributed by atoms with van der Waals surface area (Å²) in [6.07, 6.45) is 0.425. The zero-order valence-corrected chi connectivity index (χ0v) is 23.1. The first-order chi connectivity index (χ1) is 17.3. The van der Waals surface area contributed by atoms with Crippen LogP contribution in [0.1, 0.15) is 40.0 Å². The second-order valence-corrected chi connectivity index (χ2v) is 10.8. The van der Waals surface area contributed by atoms with E-state index in [0.717, 1.165) is 27.2 Å². The minimum atomic E-state index is -2.51. The smallest absolute Gasteiger partial charge is 0.268 e. The van der Waals surface area contributed by atoms with Crippen molar-refractivity contribution >= 4 is 67.9 Å². The van der Waals surface area contributed by atoms with E-state index in [4.69, 9.17) is 11.6 Å². The second kappa shape index (κ2) is 12.1. The number of carbonyl (C=O) groups is 1. The Morgan fingerprint density at radius 1 is 1.14 bits per heavy atom. The number of benzene rings is 3. The van der Waals surface area contributed by atoms with E-state index in [1.165, 1.54) is 0 Å². The summed E-state index contributed by atoms with van der Waals surface area (Å²) in [5.41, 5.74) is 3.04. The lowest BCUT2D eigenvalue weighted by Gasteiger charge is -2.22. The van der Waals surface area contributed by atoms with Crippen LogP contribution in [0.4, 0.5) is 11.5 Å². The van der Waals surface area contributed by atoms with Crippen molar-refractivity contribution in [3.63, 3.8) is 0 Å². The number of halogens is 2. The van der Waals surface area contributed by atoms with E-state index in [9.17, 15) is 13.6 Å². The first-order valence-electron chi connectivity index (χ1n) is 10.9. The molecule has 2 unspecified atom stereocenters. The summed E-state index contributed by atoms with van der Waals surface area (Å²) < 4.78 is 33.3. The van der Waals surface area contributed by atoms with E-state index in [-0.39, 0.29) is 28.9 Å². The van der Waals surface area contributed by atoms with Crippen molar-refractivity contribution in [2.75, 3.05) is 10.8 Å². The Labute approximate surface area is 229 Å². The number of rotatable bonds is 9. The molecule has 1 heterocycles. The second-order valence-electron chi connectivity index (χ2n) is 8.05. The van der Waals surface area contributed by atoms with Crippen LogP contribution in [-0.2, 0) is 17.7 Å². The maximum Gasteiger partial charge on any atom is 0.268 e. The molecule has 2 N–H and O–H groups in total. The van der Waals surface area contributed by atoms with Gasteiger partial charge in [-0.3, -0.25) is 9.35 Å². The van der Waals surface area contributed by atoms with E-state index in [2.05, 4.69) is 30.0 Å². The van der Waals surface area contributed by atoms with E-state index in [1.54, 1.807) is 18.2 Å². The fourth-order valence-corrected chi connectivity index (χ4v) is 5.33. The van der Waals surface area contributed by atoms with Crippen LogP contribution in [0.5, 0.6) is 0 Å². The molecule has 1 aromatic heterocycles. The molecule has 1 amide bonds. The lowest BCUT2D eigenvalue weighted by molar-refractivity contribution is 0.0952. The molecule has 11 heteroatoms. The van der Waals surface area contributed by atoms with Gasteiger partial charge >= 0.3 is 0 Å². The third kappa shape index (κ3) is 6.37. The Hall–Kier alpha value is -2.63. The Kier molecular flexibility index (Phi) is 8.86. The van der Waals surface area contributed by atoms with Gasteiger partial charge in [-0.15, -0.1) is 0 Å². The van der Waals surface area contributed by atoms with Gasteiger partial charge in [0.15, 0.2) is 5.82 Å². The Morgan fingerprint density at radius 3 is 2.56 bits per heavy atom. The van der Waals surface area contributed by atoms with Gasteiger partial charge in [0.05, 0.1) is 23.0 Å². The highest BCUT2D eigenvalue weighted by Gasteiger charge is 2.27. The molecule has 0 bridgehead atoms. The van der Waals surface area contributed by atoms with Crippen molar-refractivity contribution in [2.24, 2.45) is 0 Å². The van der Waals surface area contributed by atoms with Crippen LogP contribution in [0, 0.1) is 0 Å². The van der Waals surface area contributed by atoms with Crippen molar-refractivity contribution < 1.29 is 13.6 Å². The molecule has 0 saturated heterocycles. The van der Waals surface area contributed by atoms with Crippen LogP contribution in [0.3, 0.4) is 0 Å². The fourth-order valence-electron chi connectivity index (χ4n) is 3.64. The first-order valence-corrected chi connectivity index (χ1v) is 13.9. The minimum absolute atomic E-state index is 0.0356. The quantitative estimate of drug-likeness (QED) is 0.217. The van der Waals surface area contributed by atoms with Crippen molar-refractivity contribution in [2.45, 2.75) is 19.3 Å². The molecule has 2 atom stereocenters. The molecule has 0 radical (unpaired) electrons. The third-order valence-corrected chi connectivity index (χ3v) is 7.51. The van der Waals surface area contributed by atoms with Gasteiger partial charge in [-0.1, -0.05) is 76.9 Å². The molecule has 0 spiro atoms. The maximum atomic E-state index is 13.3. The predicted octanol–water partition coefficient (Wildman–Crippen LogP) is 6.35. The van der Waals surface area contributed by atoms with Gasteiger partial charge < -0.3 is 5.32 Å². The van der Waals surface area contributed by atoms with Gasteiger partial charge in [0.25, 0.3) is 17.2 Å². The fraction of sp³-hybridized carbons (Fsp3) is 0.160. The summed E-state index contributed by atoms with van der Waals surface area (Å²) in [7, 11) is 0. The molecule has 0 fully saturated rings. The first kappa shape index (κ1) is 26.4. The standard InChI is InChI=1S/C25H22BrClN4O3S2/c1-16(18-7-10-20(27)11-8-18)15-28-25(32)21-12-9-19(26)14-23(21)31(36(33)34)24-22(29-35-30-24)13-17-5-3-2-4-6-17/h2-12,14,16H,13,15H2,1H3,(H,28,32)(H,33,34). The number of hydrogen-bond donors (Lipinski definition) is 2. The monoisotopic (exact) mass is 604 g/mol. The van der Waals surface area contributed by atoms with Gasteiger partial charge in [-0.05, 0) is 47.4 Å². The van der Waals surface area contributed by atoms with Crippen molar-refractivity contribution in [1.82, 2.24) is 14.1 Å². The van der Waals surface area contributed by atoms with E-state index in [1.807, 2.05) is 61.5 Å². The van der Waals surface area contributed by atoms with Crippen LogP contribution in [0.15, 0.2) is 77.3 Å². The molecular weight excluding hydrogens is 584 g/mol. The average Bonchev–Trinajstić information content (AvgIpc) is 3.30. The summed E-state index contributed by atoms with van der Waals surface area (Å²) in [4.78, 5) is 13.3. The summed E-state index contributed by atoms with van der Waals surface area (Å²) in [6, 6.07) is 22.0. The zero-order chi connectivity index (χ0) is 25.7. The number of amides is 1. The van der Waals surface area contributed by atoms with Crippen LogP contribution >= 0.6 is 39.3 Å². The molecule has 0 aliphatic heterocycles.